The van der Waals surface area contributed by atoms with Crippen LogP contribution < -0.4 is 0 Å². The van der Waals surface area contributed by atoms with Gasteiger partial charge in [0.1, 0.15) is 5.75 Å². The van der Waals surface area contributed by atoms with E-state index in [1.54, 1.807) is 12.1 Å². The van der Waals surface area contributed by atoms with Gasteiger partial charge in [-0.3, -0.25) is 4.79 Å². The first kappa shape index (κ1) is 12.2. The van der Waals surface area contributed by atoms with E-state index < -0.39 is 12.0 Å². The second-order valence-electron chi connectivity index (χ2n) is 2.98. The van der Waals surface area contributed by atoms with E-state index >= 15 is 0 Å². The van der Waals surface area contributed by atoms with Crippen LogP contribution in [0, 0.1) is 0 Å². The van der Waals surface area contributed by atoms with Crippen LogP contribution in [0.4, 0.5) is 4.48 Å². The molecule has 6 heteroatoms. The number of rotatable bonds is 4. The van der Waals surface area contributed by atoms with E-state index in [-0.39, 0.29) is 15.5 Å². The molecule has 0 aliphatic rings. The molecule has 1 atom stereocenters. The molecular weight excluding hydrogens is 316 g/mol. The minimum atomic E-state index is -1.22. The van der Waals surface area contributed by atoms with Crippen molar-refractivity contribution in [2.75, 3.05) is 0 Å². The first-order chi connectivity index (χ1) is 7.00. The van der Waals surface area contributed by atoms with Gasteiger partial charge in [0.25, 0.3) is 0 Å². The van der Waals surface area contributed by atoms with Gasteiger partial charge in [-0.05, 0) is 17.7 Å². The van der Waals surface area contributed by atoms with Gasteiger partial charge in [0.2, 0.25) is 0 Å². The van der Waals surface area contributed by atoms with E-state index in [0.717, 1.165) is 0 Å². The number of nitrogens with zero attached hydrogens (tertiary/aromatic N) is 1. The second-order valence-corrected chi connectivity index (χ2v) is 3.91. The Hall–Kier alpha value is -0.890. The lowest BCUT2D eigenvalue weighted by atomic mass is 10.1. The topological polar surface area (TPSA) is 60.8 Å². The van der Waals surface area contributed by atoms with Crippen LogP contribution in [0.5, 0.6) is 5.75 Å². The summed E-state index contributed by atoms with van der Waals surface area (Å²) in [7, 11) is 0. The molecule has 0 saturated carbocycles. The van der Waals surface area contributed by atoms with Crippen molar-refractivity contribution in [2.45, 2.75) is 12.5 Å². The van der Waals surface area contributed by atoms with Crippen molar-refractivity contribution in [3.8, 4) is 5.75 Å². The molecule has 0 unspecified atom stereocenters. The highest BCUT2D eigenvalue weighted by atomic mass is 127. The number of phenols is 1. The molecule has 0 bridgehead atoms. The molecule has 2 N–H and O–H groups in total. The molecule has 0 heterocycles. The number of carboxylic acids is 1. The average Bonchev–Trinajstić information content (AvgIpc) is 2.15. The molecule has 0 fully saturated rings. The maximum absolute atomic E-state index is 12.8. The Morgan fingerprint density at radius 3 is 2.40 bits per heavy atom. The van der Waals surface area contributed by atoms with Gasteiger partial charge in [0, 0.05) is 6.42 Å². The lowest BCUT2D eigenvalue weighted by Gasteiger charge is -2.13. The molecule has 1 aromatic carbocycles. The predicted octanol–water partition coefficient (Wildman–Crippen LogP) is 1.92. The number of aromatic hydroxyl groups is 1. The van der Waals surface area contributed by atoms with Crippen LogP contribution in [-0.2, 0) is 11.2 Å². The summed E-state index contributed by atoms with van der Waals surface area (Å²) in [4.78, 5) is 10.7. The van der Waals surface area contributed by atoms with Crippen LogP contribution in [0.25, 0.3) is 0 Å². The number of carboxylic acid groups (broad SMARTS) is 1. The first-order valence-electron chi connectivity index (χ1n) is 4.12. The molecule has 0 amide bonds. The van der Waals surface area contributed by atoms with E-state index in [1.165, 1.54) is 35.0 Å². The van der Waals surface area contributed by atoms with Crippen LogP contribution >= 0.6 is 22.9 Å². The number of aliphatic carboxylic acids is 1. The van der Waals surface area contributed by atoms with Crippen LogP contribution in [0.15, 0.2) is 24.3 Å². The second kappa shape index (κ2) is 5.26. The number of hydrogen-bond acceptors (Lipinski definition) is 3. The van der Waals surface area contributed by atoms with Gasteiger partial charge < -0.3 is 10.2 Å². The summed E-state index contributed by atoms with van der Waals surface area (Å²) in [5.74, 6) is -1.13. The van der Waals surface area contributed by atoms with Crippen LogP contribution in [0.2, 0.25) is 0 Å². The Bertz CT molecular complexity index is 342. The van der Waals surface area contributed by atoms with E-state index in [1.807, 2.05) is 0 Å². The van der Waals surface area contributed by atoms with Gasteiger partial charge in [0.15, 0.2) is 6.04 Å². The molecule has 0 aliphatic carbocycles. The Labute approximate surface area is 99.8 Å². The summed E-state index contributed by atoms with van der Waals surface area (Å²) in [6.45, 7) is 0. The number of halogens is 2. The van der Waals surface area contributed by atoms with Crippen molar-refractivity contribution in [1.82, 2.24) is 3.34 Å². The fourth-order valence-electron chi connectivity index (χ4n) is 1.10. The number of carbonyl (C=O) groups is 1. The largest absolute Gasteiger partial charge is 0.508 e. The lowest BCUT2D eigenvalue weighted by Crippen LogP contribution is -2.31. The van der Waals surface area contributed by atoms with E-state index in [2.05, 4.69) is 0 Å². The standard InChI is InChI=1S/C9H9FINO3/c10-12(11)8(9(14)15)5-6-1-3-7(13)4-2-6/h1-4,8,13H,5H2,(H,14,15)/t8-/m0/s1. The van der Waals surface area contributed by atoms with Crippen molar-refractivity contribution in [3.05, 3.63) is 29.8 Å². The lowest BCUT2D eigenvalue weighted by molar-refractivity contribution is -0.143. The summed E-state index contributed by atoms with van der Waals surface area (Å²) in [6.07, 6.45) is 0.0506. The molecular formula is C9H9FINO3. The van der Waals surface area contributed by atoms with Crippen LogP contribution in [0.1, 0.15) is 5.56 Å². The SMILES string of the molecule is O=C(O)[C@H](Cc1ccc(O)cc1)N(F)I. The summed E-state index contributed by atoms with van der Waals surface area (Å²) in [6, 6.07) is 4.78. The molecule has 82 valence electrons. The maximum atomic E-state index is 12.8. The minimum Gasteiger partial charge on any atom is -0.508 e. The number of hydrogen-bond donors (Lipinski definition) is 2. The highest BCUT2D eigenvalue weighted by Gasteiger charge is 2.24. The van der Waals surface area contributed by atoms with Gasteiger partial charge >= 0.3 is 5.97 Å². The first-order valence-corrected chi connectivity index (χ1v) is 5.08. The molecule has 0 radical (unpaired) electrons. The molecule has 15 heavy (non-hydrogen) atoms. The van der Waals surface area contributed by atoms with Crippen LogP contribution in [-0.4, -0.2) is 25.6 Å². The van der Waals surface area contributed by atoms with E-state index in [9.17, 15) is 9.28 Å². The molecule has 0 saturated heterocycles. The van der Waals surface area contributed by atoms with E-state index in [4.69, 9.17) is 10.2 Å². The molecule has 0 spiro atoms. The zero-order valence-corrected chi connectivity index (χ0v) is 9.76. The minimum absolute atomic E-state index is 0.0506. The summed E-state index contributed by atoms with van der Waals surface area (Å²) < 4.78 is 12.9. The summed E-state index contributed by atoms with van der Waals surface area (Å²) >= 11 is 1.29. The van der Waals surface area contributed by atoms with Gasteiger partial charge in [-0.25, -0.2) is 0 Å². The van der Waals surface area contributed by atoms with Crippen molar-refractivity contribution in [3.63, 3.8) is 0 Å². The Morgan fingerprint density at radius 2 is 2.00 bits per heavy atom. The molecule has 4 nitrogen and oxygen atoms in total. The normalized spacial score (nSPS) is 12.7. The van der Waals surface area contributed by atoms with Gasteiger partial charge in [-0.15, -0.1) is 4.48 Å². The zero-order valence-electron chi connectivity index (χ0n) is 7.60. The highest BCUT2D eigenvalue weighted by Crippen LogP contribution is 2.16. The third-order valence-corrected chi connectivity index (χ3v) is 2.56. The smallest absolute Gasteiger partial charge is 0.324 e. The van der Waals surface area contributed by atoms with Crippen molar-refractivity contribution in [2.24, 2.45) is 0 Å². The molecule has 1 aromatic rings. The zero-order chi connectivity index (χ0) is 11.4. The molecule has 0 aromatic heterocycles. The maximum Gasteiger partial charge on any atom is 0.324 e. The highest BCUT2D eigenvalue weighted by molar-refractivity contribution is 14.1. The van der Waals surface area contributed by atoms with Gasteiger partial charge in [-0.2, -0.15) is 0 Å². The fraction of sp³-hybridized carbons (Fsp3) is 0.222. The average molecular weight is 325 g/mol. The fourth-order valence-corrected chi connectivity index (χ4v) is 1.53. The summed E-state index contributed by atoms with van der Waals surface area (Å²) in [5.41, 5.74) is 0.652. The third-order valence-electron chi connectivity index (χ3n) is 1.89. The monoisotopic (exact) mass is 325 g/mol. The quantitative estimate of drug-likeness (QED) is 0.656. The molecule has 1 rings (SSSR count). The van der Waals surface area contributed by atoms with E-state index in [0.29, 0.717) is 5.56 Å². The Balaban J connectivity index is 2.74. The summed E-state index contributed by atoms with van der Waals surface area (Å²) in [5, 5.41) is 17.7. The van der Waals surface area contributed by atoms with Gasteiger partial charge in [0.05, 0.1) is 22.9 Å². The van der Waals surface area contributed by atoms with Crippen LogP contribution in [0.3, 0.4) is 0 Å². The number of benzene rings is 1. The predicted molar refractivity (Wildman–Crippen MR) is 60.2 cm³/mol. The Kier molecular flexibility index (Phi) is 4.28. The van der Waals surface area contributed by atoms with Crippen molar-refractivity contribution in [1.29, 1.82) is 0 Å². The van der Waals surface area contributed by atoms with Crippen molar-refractivity contribution < 1.29 is 19.5 Å². The molecule has 0 aliphatic heterocycles. The van der Waals surface area contributed by atoms with Crippen molar-refractivity contribution >= 4 is 28.8 Å². The number of phenolic OH excluding ortho intramolecular Hbond substituents is 1. The van der Waals surface area contributed by atoms with Gasteiger partial charge in [-0.1, -0.05) is 15.5 Å². The Morgan fingerprint density at radius 1 is 1.47 bits per heavy atom. The third kappa shape index (κ3) is 3.63.